The molecule has 0 radical (unpaired) electrons. The molecule has 1 N–H and O–H groups in total. The summed E-state index contributed by atoms with van der Waals surface area (Å²) >= 11 is 0.0343. The number of carbonyl (C=O) groups excluding carboxylic acids is 1. The number of para-hydroxylation sites is 1. The molecule has 1 amide bonds. The Kier molecular flexibility index (Phi) is 4.51. The molecule has 2 aromatic carbocycles. The van der Waals surface area contributed by atoms with Crippen LogP contribution in [0.4, 0.5) is 10.1 Å². The number of halogens is 1. The van der Waals surface area contributed by atoms with E-state index in [-0.39, 0.29) is 26.7 Å². The molecular weight excluding hydrogens is 296 g/mol. The Hall–Kier alpha value is -1.64. The van der Waals surface area contributed by atoms with Gasteiger partial charge in [0.1, 0.15) is 0 Å². The molecule has 92 valence electrons. The number of amides is 1. The van der Waals surface area contributed by atoms with Gasteiger partial charge in [0.2, 0.25) is 0 Å². The second-order valence-electron chi connectivity index (χ2n) is 3.66. The molecule has 0 heterocycles. The number of nitrogens with one attached hydrogen (secondary N) is 1. The molecule has 4 heteroatoms. The van der Waals surface area contributed by atoms with Crippen LogP contribution in [0.5, 0.6) is 0 Å². The zero-order chi connectivity index (χ0) is 12.8. The third-order valence-electron chi connectivity index (χ3n) is 2.24. The number of hydrogen-bond donors (Lipinski definition) is 1. The van der Waals surface area contributed by atoms with E-state index in [1.54, 1.807) is 12.1 Å². The van der Waals surface area contributed by atoms with Crippen molar-refractivity contribution in [2.45, 2.75) is 5.32 Å². The standard InChI is InChI=1S/C14H12FNOSe/c15-11-6-8-13(9-7-11)18-10-14(17)16-12-4-2-1-3-5-12/h1-9H,10H2,(H,16,17). The van der Waals surface area contributed by atoms with E-state index in [1.165, 1.54) is 12.1 Å². The van der Waals surface area contributed by atoms with Crippen molar-refractivity contribution in [3.05, 3.63) is 60.4 Å². The van der Waals surface area contributed by atoms with E-state index in [0.717, 1.165) is 10.1 Å². The van der Waals surface area contributed by atoms with Gasteiger partial charge in [0.15, 0.2) is 0 Å². The number of anilines is 1. The summed E-state index contributed by atoms with van der Waals surface area (Å²) in [5, 5.41) is 3.28. The van der Waals surface area contributed by atoms with E-state index < -0.39 is 0 Å². The molecule has 0 unspecified atom stereocenters. The molecule has 0 aliphatic rings. The fourth-order valence-corrected chi connectivity index (χ4v) is 2.86. The van der Waals surface area contributed by atoms with Crippen LogP contribution in [0.1, 0.15) is 0 Å². The van der Waals surface area contributed by atoms with Crippen LogP contribution in [0.15, 0.2) is 54.6 Å². The van der Waals surface area contributed by atoms with Crippen molar-refractivity contribution in [1.29, 1.82) is 0 Å². The first-order valence-corrected chi connectivity index (χ1v) is 7.54. The zero-order valence-corrected chi connectivity index (χ0v) is 11.3. The van der Waals surface area contributed by atoms with E-state index in [4.69, 9.17) is 0 Å². The van der Waals surface area contributed by atoms with Gasteiger partial charge in [0.25, 0.3) is 0 Å². The third-order valence-corrected chi connectivity index (χ3v) is 4.36. The molecule has 2 rings (SSSR count). The summed E-state index contributed by atoms with van der Waals surface area (Å²) in [6.07, 6.45) is 0. The molecule has 0 atom stereocenters. The van der Waals surface area contributed by atoms with Gasteiger partial charge in [-0.25, -0.2) is 0 Å². The van der Waals surface area contributed by atoms with Gasteiger partial charge in [0, 0.05) is 0 Å². The van der Waals surface area contributed by atoms with E-state index in [9.17, 15) is 9.18 Å². The van der Waals surface area contributed by atoms with Crippen LogP contribution in [0.2, 0.25) is 5.32 Å². The number of rotatable bonds is 4. The number of carbonyl (C=O) groups is 1. The Morgan fingerprint density at radius 1 is 1.06 bits per heavy atom. The van der Waals surface area contributed by atoms with Gasteiger partial charge in [-0.2, -0.15) is 0 Å². The van der Waals surface area contributed by atoms with E-state index in [1.807, 2.05) is 30.3 Å². The third kappa shape index (κ3) is 3.99. The average Bonchev–Trinajstić information content (AvgIpc) is 2.39. The Balaban J connectivity index is 1.83. The number of benzene rings is 2. The first-order valence-electron chi connectivity index (χ1n) is 5.47. The maximum atomic E-state index is 12.7. The van der Waals surface area contributed by atoms with Crippen LogP contribution in [0, 0.1) is 5.82 Å². The molecule has 0 aliphatic heterocycles. The second kappa shape index (κ2) is 6.33. The molecule has 0 spiro atoms. The number of hydrogen-bond acceptors (Lipinski definition) is 1. The van der Waals surface area contributed by atoms with E-state index in [0.29, 0.717) is 5.32 Å². The Bertz CT molecular complexity index is 513. The molecule has 0 saturated heterocycles. The molecule has 2 aromatic rings. The van der Waals surface area contributed by atoms with E-state index in [2.05, 4.69) is 5.32 Å². The molecule has 0 aliphatic carbocycles. The van der Waals surface area contributed by atoms with Crippen molar-refractivity contribution < 1.29 is 9.18 Å². The predicted molar refractivity (Wildman–Crippen MR) is 71.7 cm³/mol. The Morgan fingerprint density at radius 2 is 1.72 bits per heavy atom. The maximum absolute atomic E-state index is 12.7. The topological polar surface area (TPSA) is 29.1 Å². The van der Waals surface area contributed by atoms with Crippen molar-refractivity contribution in [1.82, 2.24) is 0 Å². The summed E-state index contributed by atoms with van der Waals surface area (Å²) in [5.41, 5.74) is 0.803. The van der Waals surface area contributed by atoms with Crippen molar-refractivity contribution in [2.24, 2.45) is 0 Å². The van der Waals surface area contributed by atoms with Gasteiger partial charge >= 0.3 is 111 Å². The zero-order valence-electron chi connectivity index (χ0n) is 9.60. The predicted octanol–water partition coefficient (Wildman–Crippen LogP) is 2.21. The van der Waals surface area contributed by atoms with Crippen LogP contribution in [-0.2, 0) is 4.79 Å². The van der Waals surface area contributed by atoms with Gasteiger partial charge in [-0.05, 0) is 0 Å². The SMILES string of the molecule is O=C(C[Se]c1ccc(F)cc1)Nc1ccccc1. The van der Waals surface area contributed by atoms with Crippen molar-refractivity contribution in [3.63, 3.8) is 0 Å². The van der Waals surface area contributed by atoms with Gasteiger partial charge < -0.3 is 0 Å². The fraction of sp³-hybridized carbons (Fsp3) is 0.0714. The summed E-state index contributed by atoms with van der Waals surface area (Å²) in [6, 6.07) is 15.7. The minimum absolute atomic E-state index is 0.00877. The minimum atomic E-state index is -0.247. The fourth-order valence-electron chi connectivity index (χ4n) is 1.40. The molecule has 0 fully saturated rings. The monoisotopic (exact) mass is 309 g/mol. The quantitative estimate of drug-likeness (QED) is 0.862. The molecule has 0 bridgehead atoms. The molecular formula is C14H12FNOSe. The summed E-state index contributed by atoms with van der Waals surface area (Å²) in [7, 11) is 0. The molecule has 2 nitrogen and oxygen atoms in total. The van der Waals surface area contributed by atoms with Crippen LogP contribution in [0.3, 0.4) is 0 Å². The first kappa shape index (κ1) is 12.8. The molecule has 0 saturated carbocycles. The van der Waals surface area contributed by atoms with Crippen LogP contribution >= 0.6 is 0 Å². The van der Waals surface area contributed by atoms with Gasteiger partial charge in [-0.1, -0.05) is 0 Å². The normalized spacial score (nSPS) is 10.1. The van der Waals surface area contributed by atoms with Crippen LogP contribution < -0.4 is 9.78 Å². The second-order valence-corrected chi connectivity index (χ2v) is 5.86. The molecule has 18 heavy (non-hydrogen) atoms. The van der Waals surface area contributed by atoms with Gasteiger partial charge in [-0.3, -0.25) is 0 Å². The van der Waals surface area contributed by atoms with Crippen molar-refractivity contribution in [2.75, 3.05) is 5.32 Å². The Labute approximate surface area is 111 Å². The Morgan fingerprint density at radius 3 is 2.39 bits per heavy atom. The van der Waals surface area contributed by atoms with Crippen molar-refractivity contribution in [3.8, 4) is 0 Å². The summed E-state index contributed by atoms with van der Waals surface area (Å²) < 4.78 is 13.7. The summed E-state index contributed by atoms with van der Waals surface area (Å²) in [4.78, 5) is 11.7. The van der Waals surface area contributed by atoms with Gasteiger partial charge in [-0.15, -0.1) is 0 Å². The van der Waals surface area contributed by atoms with Crippen LogP contribution in [-0.4, -0.2) is 20.9 Å². The average molecular weight is 308 g/mol. The first-order chi connectivity index (χ1) is 8.74. The summed E-state index contributed by atoms with van der Waals surface area (Å²) in [6.45, 7) is 0. The van der Waals surface area contributed by atoms with Crippen LogP contribution in [0.25, 0.3) is 0 Å². The van der Waals surface area contributed by atoms with Gasteiger partial charge in [0.05, 0.1) is 0 Å². The summed E-state index contributed by atoms with van der Waals surface area (Å²) in [5.74, 6) is -0.256. The van der Waals surface area contributed by atoms with E-state index >= 15 is 0 Å². The van der Waals surface area contributed by atoms with Crippen molar-refractivity contribution >= 4 is 31.0 Å². The molecule has 0 aromatic heterocycles.